The molecule has 2 N–H and O–H groups in total. The molecule has 0 aliphatic heterocycles. The number of nitrogens with zero attached hydrogens (tertiary/aromatic N) is 1. The van der Waals surface area contributed by atoms with Crippen molar-refractivity contribution >= 4 is 23.4 Å². The Bertz CT molecular complexity index is 342. The lowest BCUT2D eigenvalue weighted by atomic mass is 10.3. The molecule has 0 unspecified atom stereocenters. The van der Waals surface area contributed by atoms with Gasteiger partial charge in [-0.3, -0.25) is 0 Å². The molecule has 1 aromatic heterocycles. The van der Waals surface area contributed by atoms with Crippen LogP contribution in [0.4, 0.5) is 5.69 Å². The molecule has 0 aliphatic rings. The van der Waals surface area contributed by atoms with Crippen molar-refractivity contribution in [3.63, 3.8) is 0 Å². The molecule has 14 heavy (non-hydrogen) atoms. The van der Waals surface area contributed by atoms with Crippen molar-refractivity contribution in [2.24, 2.45) is 0 Å². The average molecular weight is 212 g/mol. The van der Waals surface area contributed by atoms with Gasteiger partial charge in [-0.1, -0.05) is 6.92 Å². The largest absolute Gasteiger partial charge is 0.464 e. The molecule has 1 rings (SSSR count). The number of ether oxygens (including phenoxy) is 1. The lowest BCUT2D eigenvalue weighted by molar-refractivity contribution is 0.0590. The zero-order valence-corrected chi connectivity index (χ0v) is 8.93. The summed E-state index contributed by atoms with van der Waals surface area (Å²) in [6, 6.07) is 1.73. The number of pyridine rings is 1. The molecule has 0 fully saturated rings. The van der Waals surface area contributed by atoms with Crippen molar-refractivity contribution in [3.8, 4) is 0 Å². The Morgan fingerprint density at radius 1 is 1.71 bits per heavy atom. The van der Waals surface area contributed by atoms with E-state index in [0.29, 0.717) is 11.4 Å². The van der Waals surface area contributed by atoms with Crippen LogP contribution in [0.15, 0.2) is 17.2 Å². The molecule has 0 saturated heterocycles. The van der Waals surface area contributed by atoms with E-state index in [1.54, 1.807) is 6.07 Å². The van der Waals surface area contributed by atoms with Gasteiger partial charge in [-0.15, -0.1) is 11.8 Å². The Kier molecular flexibility index (Phi) is 3.76. The molecule has 5 heteroatoms. The molecule has 0 radical (unpaired) electrons. The van der Waals surface area contributed by atoms with Crippen LogP contribution in [0.3, 0.4) is 0 Å². The summed E-state index contributed by atoms with van der Waals surface area (Å²) in [4.78, 5) is 16.0. The number of rotatable bonds is 3. The first-order valence-corrected chi connectivity index (χ1v) is 5.14. The number of nitrogen functional groups attached to an aromatic ring is 1. The Labute approximate surface area is 86.8 Å². The van der Waals surface area contributed by atoms with Crippen molar-refractivity contribution in [2.45, 2.75) is 11.8 Å². The maximum Gasteiger partial charge on any atom is 0.357 e. The number of carbonyl (C=O) groups excluding carboxylic acids is 1. The van der Waals surface area contributed by atoms with Crippen LogP contribution in [0.25, 0.3) is 0 Å². The van der Waals surface area contributed by atoms with Gasteiger partial charge in [0.2, 0.25) is 0 Å². The zero-order chi connectivity index (χ0) is 10.6. The van der Waals surface area contributed by atoms with Crippen molar-refractivity contribution < 1.29 is 9.53 Å². The van der Waals surface area contributed by atoms with Gasteiger partial charge in [-0.2, -0.15) is 0 Å². The van der Waals surface area contributed by atoms with Gasteiger partial charge < -0.3 is 10.5 Å². The van der Waals surface area contributed by atoms with Gasteiger partial charge in [0.1, 0.15) is 0 Å². The minimum Gasteiger partial charge on any atom is -0.464 e. The number of esters is 1. The number of thioether (sulfide) groups is 1. The standard InChI is InChI=1S/C9H12N2O2S/c1-3-14-7-4-6(10)5-11-8(7)9(12)13-2/h4-5H,3,10H2,1-2H3. The fourth-order valence-corrected chi connectivity index (χ4v) is 1.78. The molecule has 0 saturated carbocycles. The van der Waals surface area contributed by atoms with Gasteiger partial charge in [0.15, 0.2) is 5.69 Å². The Morgan fingerprint density at radius 3 is 3.00 bits per heavy atom. The molecule has 0 atom stereocenters. The van der Waals surface area contributed by atoms with Crippen LogP contribution >= 0.6 is 11.8 Å². The van der Waals surface area contributed by atoms with Gasteiger partial charge in [0, 0.05) is 4.90 Å². The van der Waals surface area contributed by atoms with E-state index in [2.05, 4.69) is 9.72 Å². The summed E-state index contributed by atoms with van der Waals surface area (Å²) in [7, 11) is 1.33. The smallest absolute Gasteiger partial charge is 0.357 e. The molecule has 1 heterocycles. The summed E-state index contributed by atoms with van der Waals surface area (Å²) in [5.74, 6) is 0.427. The average Bonchev–Trinajstić information content (AvgIpc) is 2.17. The van der Waals surface area contributed by atoms with Gasteiger partial charge in [0.05, 0.1) is 19.0 Å². The Balaban J connectivity index is 3.07. The summed E-state index contributed by atoms with van der Waals surface area (Å²) in [5.41, 5.74) is 6.45. The van der Waals surface area contributed by atoms with E-state index in [1.165, 1.54) is 25.1 Å². The van der Waals surface area contributed by atoms with E-state index in [9.17, 15) is 4.79 Å². The van der Waals surface area contributed by atoms with Gasteiger partial charge in [-0.25, -0.2) is 9.78 Å². The van der Waals surface area contributed by atoms with E-state index in [-0.39, 0.29) is 0 Å². The zero-order valence-electron chi connectivity index (χ0n) is 8.11. The number of hydrogen-bond donors (Lipinski definition) is 1. The summed E-state index contributed by atoms with van der Waals surface area (Å²) < 4.78 is 4.61. The van der Waals surface area contributed by atoms with E-state index in [1.807, 2.05) is 6.92 Å². The highest BCUT2D eigenvalue weighted by Gasteiger charge is 2.13. The summed E-state index contributed by atoms with van der Waals surface area (Å²) in [5, 5.41) is 0. The van der Waals surface area contributed by atoms with Crippen LogP contribution in [-0.2, 0) is 4.74 Å². The van der Waals surface area contributed by atoms with E-state index in [0.717, 1.165) is 10.6 Å². The number of nitrogens with two attached hydrogens (primary N) is 1. The predicted molar refractivity (Wildman–Crippen MR) is 56.4 cm³/mol. The van der Waals surface area contributed by atoms with Crippen molar-refractivity contribution in [2.75, 3.05) is 18.6 Å². The third-order valence-corrected chi connectivity index (χ3v) is 2.46. The third-order valence-electron chi connectivity index (χ3n) is 1.55. The first kappa shape index (κ1) is 10.8. The quantitative estimate of drug-likeness (QED) is 0.608. The molecular weight excluding hydrogens is 200 g/mol. The van der Waals surface area contributed by atoms with E-state index < -0.39 is 5.97 Å². The number of hydrogen-bond acceptors (Lipinski definition) is 5. The number of anilines is 1. The van der Waals surface area contributed by atoms with Crippen LogP contribution in [0.2, 0.25) is 0 Å². The van der Waals surface area contributed by atoms with E-state index in [4.69, 9.17) is 5.73 Å². The normalized spacial score (nSPS) is 9.86. The molecule has 76 valence electrons. The monoisotopic (exact) mass is 212 g/mol. The SMILES string of the molecule is CCSc1cc(N)cnc1C(=O)OC. The van der Waals surface area contributed by atoms with E-state index >= 15 is 0 Å². The minimum atomic E-state index is -0.430. The Hall–Kier alpha value is -1.23. The lowest BCUT2D eigenvalue weighted by Crippen LogP contribution is -2.06. The minimum absolute atomic E-state index is 0.327. The highest BCUT2D eigenvalue weighted by atomic mass is 32.2. The van der Waals surface area contributed by atoms with Crippen molar-refractivity contribution in [1.29, 1.82) is 0 Å². The molecule has 0 aliphatic carbocycles. The van der Waals surface area contributed by atoms with Crippen LogP contribution in [0, 0.1) is 0 Å². The molecule has 0 spiro atoms. The van der Waals surface area contributed by atoms with Crippen LogP contribution in [0.5, 0.6) is 0 Å². The van der Waals surface area contributed by atoms with Gasteiger partial charge in [0.25, 0.3) is 0 Å². The molecular formula is C9H12N2O2S. The van der Waals surface area contributed by atoms with Gasteiger partial charge >= 0.3 is 5.97 Å². The van der Waals surface area contributed by atoms with Crippen molar-refractivity contribution in [1.82, 2.24) is 4.98 Å². The maximum atomic E-state index is 11.3. The second-order valence-electron chi connectivity index (χ2n) is 2.54. The summed E-state index contributed by atoms with van der Waals surface area (Å²) in [6.07, 6.45) is 1.45. The fourth-order valence-electron chi connectivity index (χ4n) is 0.975. The second-order valence-corrected chi connectivity index (χ2v) is 3.85. The highest BCUT2D eigenvalue weighted by Crippen LogP contribution is 2.23. The summed E-state index contributed by atoms with van der Waals surface area (Å²) in [6.45, 7) is 1.99. The fraction of sp³-hybridized carbons (Fsp3) is 0.333. The molecule has 0 aromatic carbocycles. The highest BCUT2D eigenvalue weighted by molar-refractivity contribution is 7.99. The van der Waals surface area contributed by atoms with Crippen LogP contribution < -0.4 is 5.73 Å². The summed E-state index contributed by atoms with van der Waals surface area (Å²) >= 11 is 1.52. The Morgan fingerprint density at radius 2 is 2.43 bits per heavy atom. The predicted octanol–water partition coefficient (Wildman–Crippen LogP) is 1.56. The first-order valence-electron chi connectivity index (χ1n) is 4.15. The third kappa shape index (κ3) is 2.38. The second kappa shape index (κ2) is 4.85. The number of methoxy groups -OCH3 is 1. The first-order chi connectivity index (χ1) is 6.69. The van der Waals surface area contributed by atoms with Crippen LogP contribution in [-0.4, -0.2) is 23.8 Å². The molecule has 0 bridgehead atoms. The molecule has 0 amide bonds. The molecule has 1 aromatic rings. The molecule has 4 nitrogen and oxygen atoms in total. The van der Waals surface area contributed by atoms with Crippen molar-refractivity contribution in [3.05, 3.63) is 18.0 Å². The van der Waals surface area contributed by atoms with Gasteiger partial charge in [-0.05, 0) is 11.8 Å². The lowest BCUT2D eigenvalue weighted by Gasteiger charge is -2.05. The number of carbonyl (C=O) groups is 1. The maximum absolute atomic E-state index is 11.3. The number of aromatic nitrogens is 1. The topological polar surface area (TPSA) is 65.2 Å². The van der Waals surface area contributed by atoms with Crippen LogP contribution in [0.1, 0.15) is 17.4 Å².